The number of nitrogens with zero attached hydrogens (tertiary/aromatic N) is 2. The Balaban J connectivity index is 2.01. The second-order valence-corrected chi connectivity index (χ2v) is 6.03. The number of fused-ring (bicyclic) bond motifs is 1. The topological polar surface area (TPSA) is 51.7 Å². The molecule has 8 heteroatoms. The number of carbonyl (C=O) groups excluding carboxylic acids is 1. The van der Waals surface area contributed by atoms with E-state index in [1.807, 2.05) is 0 Å². The molecule has 1 aliphatic heterocycles. The first-order valence-electron chi connectivity index (χ1n) is 6.69. The Morgan fingerprint density at radius 3 is 2.50 bits per heavy atom. The van der Waals surface area contributed by atoms with Gasteiger partial charge in [0.2, 0.25) is 5.88 Å². The molecule has 22 heavy (non-hydrogen) atoms. The molecule has 0 unspecified atom stereocenters. The molecule has 1 aliphatic rings. The Labute approximate surface area is 126 Å². The van der Waals surface area contributed by atoms with Gasteiger partial charge in [0.05, 0.1) is 6.54 Å². The highest BCUT2D eigenvalue weighted by Gasteiger charge is 2.30. The molecule has 0 saturated heterocycles. The molecule has 2 rings (SSSR count). The summed E-state index contributed by atoms with van der Waals surface area (Å²) in [4.78, 5) is 17.3. The molecule has 0 aromatic carbocycles. The smallest absolute Gasteiger partial charge is 0.422 e. The zero-order valence-corrected chi connectivity index (χ0v) is 12.5. The number of alkyl halides is 3. The Morgan fingerprint density at radius 1 is 1.27 bits per heavy atom. The van der Waals surface area contributed by atoms with Crippen molar-refractivity contribution >= 4 is 6.09 Å². The zero-order valence-electron chi connectivity index (χ0n) is 12.5. The molecular formula is C14H17F3N2O3. The molecular weight excluding hydrogens is 301 g/mol. The summed E-state index contributed by atoms with van der Waals surface area (Å²) in [6.45, 7) is 4.47. The van der Waals surface area contributed by atoms with Crippen LogP contribution < -0.4 is 4.74 Å². The third-order valence-electron chi connectivity index (χ3n) is 2.82. The highest BCUT2D eigenvalue weighted by atomic mass is 19.4. The van der Waals surface area contributed by atoms with Crippen LogP contribution >= 0.6 is 0 Å². The largest absolute Gasteiger partial charge is 0.468 e. The van der Waals surface area contributed by atoms with Crippen LogP contribution in [0.15, 0.2) is 12.3 Å². The van der Waals surface area contributed by atoms with Crippen LogP contribution in [0.25, 0.3) is 0 Å². The van der Waals surface area contributed by atoms with Gasteiger partial charge in [-0.1, -0.05) is 0 Å². The third-order valence-corrected chi connectivity index (χ3v) is 2.82. The predicted molar refractivity (Wildman–Crippen MR) is 71.3 cm³/mol. The number of hydrogen-bond donors (Lipinski definition) is 0. The van der Waals surface area contributed by atoms with Crippen LogP contribution in [0.4, 0.5) is 18.0 Å². The molecule has 5 nitrogen and oxygen atoms in total. The lowest BCUT2D eigenvalue weighted by molar-refractivity contribution is -0.154. The monoisotopic (exact) mass is 318 g/mol. The van der Waals surface area contributed by atoms with Gasteiger partial charge in [0.15, 0.2) is 6.61 Å². The third kappa shape index (κ3) is 4.51. The Kier molecular flexibility index (Phi) is 4.21. The number of hydrogen-bond acceptors (Lipinski definition) is 4. The van der Waals surface area contributed by atoms with Gasteiger partial charge in [0.25, 0.3) is 0 Å². The summed E-state index contributed by atoms with van der Waals surface area (Å²) >= 11 is 0. The lowest BCUT2D eigenvalue weighted by atomic mass is 10.2. The highest BCUT2D eigenvalue weighted by Crippen LogP contribution is 2.27. The van der Waals surface area contributed by atoms with Gasteiger partial charge in [-0.05, 0) is 31.9 Å². The van der Waals surface area contributed by atoms with Crippen molar-refractivity contribution in [2.24, 2.45) is 0 Å². The van der Waals surface area contributed by atoms with Crippen molar-refractivity contribution < 1.29 is 27.4 Å². The van der Waals surface area contributed by atoms with E-state index in [2.05, 4.69) is 9.72 Å². The van der Waals surface area contributed by atoms with Crippen molar-refractivity contribution in [2.45, 2.75) is 45.6 Å². The van der Waals surface area contributed by atoms with Crippen molar-refractivity contribution in [3.63, 3.8) is 0 Å². The van der Waals surface area contributed by atoms with Gasteiger partial charge in [0.1, 0.15) is 5.60 Å². The zero-order chi connectivity index (χ0) is 16.5. The summed E-state index contributed by atoms with van der Waals surface area (Å²) in [6.07, 6.45) is -3.46. The molecule has 0 fully saturated rings. The molecule has 0 N–H and O–H groups in total. The summed E-state index contributed by atoms with van der Waals surface area (Å²) in [6, 6.07) is 1.42. The Morgan fingerprint density at radius 2 is 1.91 bits per heavy atom. The molecule has 1 aromatic rings. The quantitative estimate of drug-likeness (QED) is 0.840. The number of carbonyl (C=O) groups is 1. The van der Waals surface area contributed by atoms with Crippen molar-refractivity contribution in [2.75, 3.05) is 6.61 Å². The van der Waals surface area contributed by atoms with E-state index in [0.717, 1.165) is 5.56 Å². The molecule has 0 radical (unpaired) electrons. The number of ether oxygens (including phenoxy) is 2. The van der Waals surface area contributed by atoms with Gasteiger partial charge < -0.3 is 9.47 Å². The number of halogens is 3. The van der Waals surface area contributed by atoms with Gasteiger partial charge in [-0.15, -0.1) is 0 Å². The van der Waals surface area contributed by atoms with E-state index >= 15 is 0 Å². The van der Waals surface area contributed by atoms with Crippen LogP contribution in [-0.2, 0) is 17.8 Å². The van der Waals surface area contributed by atoms with Crippen molar-refractivity contribution in [3.8, 4) is 5.88 Å². The second kappa shape index (κ2) is 5.66. The summed E-state index contributed by atoms with van der Waals surface area (Å²) in [5.41, 5.74) is 0.869. The number of amides is 1. The minimum atomic E-state index is -4.41. The Bertz CT molecular complexity index is 567. The van der Waals surface area contributed by atoms with E-state index < -0.39 is 24.5 Å². The van der Waals surface area contributed by atoms with Gasteiger partial charge in [0, 0.05) is 18.8 Å². The van der Waals surface area contributed by atoms with E-state index in [-0.39, 0.29) is 12.4 Å². The Hall–Kier alpha value is -1.99. The molecule has 0 bridgehead atoms. The van der Waals surface area contributed by atoms with Crippen LogP contribution in [0, 0.1) is 0 Å². The molecule has 0 aliphatic carbocycles. The molecule has 0 saturated carbocycles. The maximum Gasteiger partial charge on any atom is 0.422 e. The minimum absolute atomic E-state index is 0.109. The summed E-state index contributed by atoms with van der Waals surface area (Å²) < 4.78 is 46.2. The van der Waals surface area contributed by atoms with Crippen LogP contribution in [0.3, 0.4) is 0 Å². The second-order valence-electron chi connectivity index (χ2n) is 6.03. The van der Waals surface area contributed by atoms with Crippen LogP contribution in [0.2, 0.25) is 0 Å². The lowest BCUT2D eigenvalue weighted by Crippen LogP contribution is -2.33. The van der Waals surface area contributed by atoms with E-state index in [1.54, 1.807) is 20.8 Å². The summed E-state index contributed by atoms with van der Waals surface area (Å²) in [7, 11) is 0. The van der Waals surface area contributed by atoms with E-state index in [1.165, 1.54) is 17.2 Å². The fourth-order valence-electron chi connectivity index (χ4n) is 1.95. The molecule has 0 atom stereocenters. The van der Waals surface area contributed by atoms with Crippen LogP contribution in [0.1, 0.15) is 31.9 Å². The van der Waals surface area contributed by atoms with Crippen molar-refractivity contribution in [1.82, 2.24) is 9.88 Å². The highest BCUT2D eigenvalue weighted by molar-refractivity contribution is 5.69. The lowest BCUT2D eigenvalue weighted by Gasteiger charge is -2.24. The van der Waals surface area contributed by atoms with E-state index in [0.29, 0.717) is 12.1 Å². The average molecular weight is 318 g/mol. The van der Waals surface area contributed by atoms with Crippen LogP contribution in [-0.4, -0.2) is 34.4 Å². The molecule has 1 aromatic heterocycles. The normalized spacial score (nSPS) is 14.7. The van der Waals surface area contributed by atoms with Crippen LogP contribution in [0.5, 0.6) is 5.88 Å². The van der Waals surface area contributed by atoms with Crippen molar-refractivity contribution in [1.29, 1.82) is 0 Å². The van der Waals surface area contributed by atoms with Gasteiger partial charge in [-0.25, -0.2) is 9.78 Å². The average Bonchev–Trinajstić information content (AvgIpc) is 2.76. The standard InChI is InChI=1S/C14H17F3N2O3/c1-13(2,3)22-12(20)19-6-9-4-11(18-5-10(9)7-19)21-8-14(15,16)17/h4-5H,6-8H2,1-3H3. The molecule has 0 spiro atoms. The van der Waals surface area contributed by atoms with Gasteiger partial charge in [-0.3, -0.25) is 4.90 Å². The predicted octanol–water partition coefficient (Wildman–Crippen LogP) is 3.27. The first-order chi connectivity index (χ1) is 10.0. The maximum absolute atomic E-state index is 12.1. The fraction of sp³-hybridized carbons (Fsp3) is 0.571. The van der Waals surface area contributed by atoms with E-state index in [9.17, 15) is 18.0 Å². The van der Waals surface area contributed by atoms with E-state index in [4.69, 9.17) is 4.74 Å². The number of aromatic nitrogens is 1. The summed E-state index contributed by atoms with van der Waals surface area (Å²) in [5.74, 6) is -0.109. The first-order valence-corrected chi connectivity index (χ1v) is 6.69. The first kappa shape index (κ1) is 16.4. The number of pyridine rings is 1. The number of rotatable bonds is 2. The minimum Gasteiger partial charge on any atom is -0.468 e. The summed E-state index contributed by atoms with van der Waals surface area (Å²) in [5, 5.41) is 0. The maximum atomic E-state index is 12.1. The van der Waals surface area contributed by atoms with Gasteiger partial charge >= 0.3 is 12.3 Å². The molecule has 2 heterocycles. The molecule has 122 valence electrons. The van der Waals surface area contributed by atoms with Crippen molar-refractivity contribution in [3.05, 3.63) is 23.4 Å². The molecule has 1 amide bonds. The fourth-order valence-corrected chi connectivity index (χ4v) is 1.95. The van der Waals surface area contributed by atoms with Gasteiger partial charge in [-0.2, -0.15) is 13.2 Å². The SMILES string of the molecule is CC(C)(C)OC(=O)N1Cc2cnc(OCC(F)(F)F)cc2C1.